The zero-order chi connectivity index (χ0) is 10.7. The van der Waals surface area contributed by atoms with E-state index in [0.717, 1.165) is 0 Å². The summed E-state index contributed by atoms with van der Waals surface area (Å²) in [5.41, 5.74) is 0. The summed E-state index contributed by atoms with van der Waals surface area (Å²) >= 11 is 0. The molecular formula is H20CaKN3O19. The first-order valence-corrected chi connectivity index (χ1v) is 1.64. The van der Waals surface area contributed by atoms with E-state index >= 15 is 0 Å². The van der Waals surface area contributed by atoms with Crippen molar-refractivity contribution in [3.8, 4) is 0 Å². The van der Waals surface area contributed by atoms with Crippen molar-refractivity contribution in [3.63, 3.8) is 0 Å². The molecule has 0 saturated carbocycles. The van der Waals surface area contributed by atoms with Crippen LogP contribution in [0.2, 0.25) is 0 Å². The Morgan fingerprint density at radius 1 is 0.375 bits per heavy atom. The Morgan fingerprint density at radius 2 is 0.375 bits per heavy atom. The van der Waals surface area contributed by atoms with Gasteiger partial charge in [0.05, 0.1) is 15.3 Å². The van der Waals surface area contributed by atoms with Crippen LogP contribution in [-0.2, 0) is 0 Å². The Morgan fingerprint density at radius 3 is 0.375 bits per heavy atom. The minimum Gasteiger partial charge on any atom is -0.412 e. The van der Waals surface area contributed by atoms with Crippen molar-refractivity contribution in [2.24, 2.45) is 0 Å². The van der Waals surface area contributed by atoms with Crippen LogP contribution >= 0.6 is 0 Å². The number of hydrogen-bond donors (Lipinski definition) is 0. The average Bonchev–Trinajstić information content (AvgIpc) is 1.54. The van der Waals surface area contributed by atoms with Crippen LogP contribution in [0, 0.1) is 46.0 Å². The van der Waals surface area contributed by atoms with E-state index in [1.165, 1.54) is 0 Å². The largest absolute Gasteiger partial charge is 2.00 e. The maximum absolute atomic E-state index is 8.25. The molecular weight excluding hydrogens is 425 g/mol. The van der Waals surface area contributed by atoms with Crippen LogP contribution < -0.4 is 51.4 Å². The van der Waals surface area contributed by atoms with Crippen LogP contribution in [0.3, 0.4) is 0 Å². The van der Waals surface area contributed by atoms with E-state index in [-0.39, 0.29) is 144 Å². The zero-order valence-corrected chi connectivity index (χ0v) is 17.1. The maximum Gasteiger partial charge on any atom is 2.00 e. The Bertz CT molecular complexity index is 122. The Balaban J connectivity index is -0.00000000312. The third kappa shape index (κ3) is 1060000. The smallest absolute Gasteiger partial charge is 0.412 e. The number of rotatable bonds is 0. The second-order valence-corrected chi connectivity index (χ2v) is 0.671. The molecule has 0 aromatic heterocycles. The first-order valence-electron chi connectivity index (χ1n) is 1.64. The molecule has 0 aromatic carbocycles. The van der Waals surface area contributed by atoms with Crippen molar-refractivity contribution in [2.75, 3.05) is 0 Å². The summed E-state index contributed by atoms with van der Waals surface area (Å²) in [6, 6.07) is 0. The summed E-state index contributed by atoms with van der Waals surface area (Å²) in [6.07, 6.45) is 0. The van der Waals surface area contributed by atoms with Crippen molar-refractivity contribution >= 4 is 37.7 Å². The van der Waals surface area contributed by atoms with Gasteiger partial charge in [-0.1, -0.05) is 0 Å². The van der Waals surface area contributed by atoms with E-state index in [1.807, 2.05) is 0 Å². The van der Waals surface area contributed by atoms with Gasteiger partial charge in [0.15, 0.2) is 0 Å². The van der Waals surface area contributed by atoms with Gasteiger partial charge in [-0.05, 0) is 0 Å². The van der Waals surface area contributed by atoms with Gasteiger partial charge in [-0.25, -0.2) is 0 Å². The topological polar surface area (TPSA) is 514 Å². The summed E-state index contributed by atoms with van der Waals surface area (Å²) in [4.78, 5) is 24.8. The quantitative estimate of drug-likeness (QED) is 0.193. The van der Waals surface area contributed by atoms with Gasteiger partial charge >= 0.3 is 89.1 Å². The molecule has 0 fully saturated rings. The molecule has 0 amide bonds. The van der Waals surface area contributed by atoms with Crippen LogP contribution in [0.25, 0.3) is 0 Å². The predicted molar refractivity (Wildman–Crippen MR) is 73.0 cm³/mol. The zero-order valence-electron chi connectivity index (χ0n) is 11.7. The van der Waals surface area contributed by atoms with Crippen molar-refractivity contribution in [2.45, 2.75) is 0 Å². The Kier molecular flexibility index (Phi) is 882. The molecule has 0 unspecified atom stereocenters. The third-order valence-corrected chi connectivity index (χ3v) is 0. The van der Waals surface area contributed by atoms with Crippen LogP contribution in [0.4, 0.5) is 0 Å². The number of hydrogen-bond acceptors (Lipinski definition) is 9. The summed E-state index contributed by atoms with van der Waals surface area (Å²) in [5.74, 6) is 0. The van der Waals surface area contributed by atoms with E-state index in [9.17, 15) is 0 Å². The van der Waals surface area contributed by atoms with Crippen LogP contribution in [-0.4, -0.2) is 108 Å². The molecule has 22 nitrogen and oxygen atoms in total. The minimum atomic E-state index is -1.75. The van der Waals surface area contributed by atoms with Crippen LogP contribution in [0.1, 0.15) is 0 Å². The van der Waals surface area contributed by atoms with Crippen LogP contribution in [0.15, 0.2) is 0 Å². The van der Waals surface area contributed by atoms with Gasteiger partial charge in [-0.15, -0.1) is 0 Å². The fraction of sp³-hybridized carbons (Fsp3) is 0. The van der Waals surface area contributed by atoms with Gasteiger partial charge in [0.25, 0.3) is 0 Å². The van der Waals surface area contributed by atoms with E-state index in [0.29, 0.717) is 0 Å². The molecule has 24 heteroatoms. The molecule has 0 aromatic rings. The van der Waals surface area contributed by atoms with Crippen molar-refractivity contribution in [1.29, 1.82) is 0 Å². The third-order valence-electron chi connectivity index (χ3n) is 0. The first-order chi connectivity index (χ1) is 5.20. The van der Waals surface area contributed by atoms with Gasteiger partial charge in [0.2, 0.25) is 0 Å². The molecule has 0 heterocycles. The van der Waals surface area contributed by atoms with Gasteiger partial charge < -0.3 is 101 Å². The molecule has 0 aliphatic carbocycles. The molecule has 0 saturated heterocycles. The van der Waals surface area contributed by atoms with Gasteiger partial charge in [-0.2, -0.15) is 0 Å². The fourth-order valence-corrected chi connectivity index (χ4v) is 0. The molecule has 0 atom stereocenters. The molecule has 0 aliphatic rings. The van der Waals surface area contributed by atoms with E-state index < -0.39 is 15.3 Å². The van der Waals surface area contributed by atoms with E-state index in [2.05, 4.69) is 0 Å². The summed E-state index contributed by atoms with van der Waals surface area (Å²) in [7, 11) is 0. The summed E-state index contributed by atoms with van der Waals surface area (Å²) in [5, 5.41) is 44.2. The first kappa shape index (κ1) is 155. The summed E-state index contributed by atoms with van der Waals surface area (Å²) < 4.78 is 0. The SMILES string of the molecule is O.O.O.O.O.O.O.O.O.O.O=[N+]([O-])[O-].O=[N+]([O-])[O-].O=[N+]([O-])[O-].[Ca+2].[K+]. The molecule has 20 N–H and O–H groups in total. The summed E-state index contributed by atoms with van der Waals surface area (Å²) in [6.45, 7) is 0. The van der Waals surface area contributed by atoms with E-state index in [1.54, 1.807) is 0 Å². The Hall–Kier alpha value is 0.0961. The monoisotopic (exact) mass is 445 g/mol. The van der Waals surface area contributed by atoms with Gasteiger partial charge in [0, 0.05) is 0 Å². The van der Waals surface area contributed by atoms with Crippen LogP contribution in [0.5, 0.6) is 0 Å². The molecule has 152 valence electrons. The molecule has 0 aliphatic heterocycles. The predicted octanol–water partition coefficient (Wildman–Crippen LogP) is -12.3. The van der Waals surface area contributed by atoms with Crippen molar-refractivity contribution < 1.29 is 121 Å². The maximum atomic E-state index is 8.25. The molecule has 0 bridgehead atoms. The molecule has 0 rings (SSSR count). The average molecular weight is 445 g/mol. The van der Waals surface area contributed by atoms with Crippen molar-refractivity contribution in [1.82, 2.24) is 0 Å². The molecule has 24 heavy (non-hydrogen) atoms. The standard InChI is InChI=1S/Ca.K.3NO3.10H2O/c;;3*2-1(3)4;;;;;;;;;;/h;;;;;10*1H2/q+2;+1;3*-1;;;;;;;;;;. The molecule has 0 radical (unpaired) electrons. The van der Waals surface area contributed by atoms with Gasteiger partial charge in [0.1, 0.15) is 0 Å². The van der Waals surface area contributed by atoms with E-state index in [4.69, 9.17) is 46.0 Å². The normalized spacial score (nSPS) is 3.00. The second-order valence-electron chi connectivity index (χ2n) is 0.671. The number of nitrogens with zero attached hydrogens (tertiary/aromatic N) is 3. The second kappa shape index (κ2) is 136. The molecule has 0 spiro atoms. The Labute approximate surface area is 202 Å². The van der Waals surface area contributed by atoms with Crippen molar-refractivity contribution in [3.05, 3.63) is 46.0 Å². The fourth-order valence-electron chi connectivity index (χ4n) is 0. The van der Waals surface area contributed by atoms with Gasteiger partial charge in [-0.3, -0.25) is 0 Å². The minimum absolute atomic E-state index is 0.